The van der Waals surface area contributed by atoms with Crippen LogP contribution in [0.5, 0.6) is 0 Å². The molecule has 0 radical (unpaired) electrons. The Balaban J connectivity index is 1.97. The van der Waals surface area contributed by atoms with Crippen LogP contribution in [0.1, 0.15) is 68.7 Å². The van der Waals surface area contributed by atoms with E-state index in [4.69, 9.17) is 0 Å². The van der Waals surface area contributed by atoms with Gasteiger partial charge in [0.05, 0.1) is 0 Å². The van der Waals surface area contributed by atoms with Crippen LogP contribution in [0.25, 0.3) is 6.08 Å². The van der Waals surface area contributed by atoms with E-state index in [1.165, 1.54) is 6.08 Å². The zero-order valence-corrected chi connectivity index (χ0v) is 19.8. The van der Waals surface area contributed by atoms with Crippen molar-refractivity contribution in [1.82, 2.24) is 0 Å². The zero-order valence-electron chi connectivity index (χ0n) is 19.8. The van der Waals surface area contributed by atoms with Gasteiger partial charge in [-0.05, 0) is 93.5 Å². The standard InChI is InChI=1S/C27H32FN3O/c1-7-8-31-25-14-24(28)20(13-23(25)19(4)15-27(31,5)6)12-21(16-29)26(32)30-22-10-17(2)9-18(3)11-22/h9-14,19H,7-8,15H2,1-6H3,(H,30,32)/b21-12+. The van der Waals surface area contributed by atoms with Crippen LogP contribution in [0.15, 0.2) is 35.9 Å². The Morgan fingerprint density at radius 3 is 2.50 bits per heavy atom. The van der Waals surface area contributed by atoms with Gasteiger partial charge in [0.1, 0.15) is 17.5 Å². The third-order valence-corrected chi connectivity index (χ3v) is 6.10. The number of fused-ring (bicyclic) bond motifs is 1. The van der Waals surface area contributed by atoms with Crippen molar-refractivity contribution in [1.29, 1.82) is 5.26 Å². The van der Waals surface area contributed by atoms with E-state index in [1.54, 1.807) is 12.1 Å². The lowest BCUT2D eigenvalue weighted by Gasteiger charge is -2.47. The van der Waals surface area contributed by atoms with Crippen LogP contribution in [0.2, 0.25) is 0 Å². The highest BCUT2D eigenvalue weighted by atomic mass is 19.1. The van der Waals surface area contributed by atoms with E-state index in [2.05, 4.69) is 37.9 Å². The van der Waals surface area contributed by atoms with Crippen molar-refractivity contribution < 1.29 is 9.18 Å². The number of amides is 1. The number of hydrogen-bond donors (Lipinski definition) is 1. The summed E-state index contributed by atoms with van der Waals surface area (Å²) in [5, 5.41) is 12.4. The molecule has 168 valence electrons. The van der Waals surface area contributed by atoms with Crippen LogP contribution in [0.3, 0.4) is 0 Å². The SMILES string of the molecule is CCCN1c2cc(F)c(/C=C(\C#N)C(=O)Nc3cc(C)cc(C)c3)cc2C(C)CC1(C)C. The quantitative estimate of drug-likeness (QED) is 0.433. The van der Waals surface area contributed by atoms with Crippen molar-refractivity contribution in [3.05, 3.63) is 64.0 Å². The van der Waals surface area contributed by atoms with Gasteiger partial charge in [0.25, 0.3) is 5.91 Å². The highest BCUT2D eigenvalue weighted by molar-refractivity contribution is 6.09. The van der Waals surface area contributed by atoms with Gasteiger partial charge in [-0.25, -0.2) is 4.39 Å². The lowest BCUT2D eigenvalue weighted by atomic mass is 9.79. The van der Waals surface area contributed by atoms with Crippen LogP contribution in [0.4, 0.5) is 15.8 Å². The molecule has 1 heterocycles. The molecule has 1 atom stereocenters. The minimum atomic E-state index is -0.545. The van der Waals surface area contributed by atoms with E-state index in [0.717, 1.165) is 41.8 Å². The predicted octanol–water partition coefficient (Wildman–Crippen LogP) is 6.49. The van der Waals surface area contributed by atoms with E-state index in [0.29, 0.717) is 5.69 Å². The number of carbonyl (C=O) groups excluding carboxylic acids is 1. The van der Waals surface area contributed by atoms with Gasteiger partial charge in [0.15, 0.2) is 0 Å². The van der Waals surface area contributed by atoms with Crippen LogP contribution in [-0.2, 0) is 4.79 Å². The summed E-state index contributed by atoms with van der Waals surface area (Å²) < 4.78 is 15.2. The average molecular weight is 434 g/mol. The number of nitrogens with one attached hydrogen (secondary N) is 1. The van der Waals surface area contributed by atoms with Crippen LogP contribution < -0.4 is 10.2 Å². The highest BCUT2D eigenvalue weighted by Crippen LogP contribution is 2.44. The number of hydrogen-bond acceptors (Lipinski definition) is 3. The van der Waals surface area contributed by atoms with Crippen molar-refractivity contribution in [2.24, 2.45) is 0 Å². The molecule has 2 aromatic rings. The molecule has 1 unspecified atom stereocenters. The second-order valence-electron chi connectivity index (χ2n) is 9.50. The topological polar surface area (TPSA) is 56.1 Å². The number of benzene rings is 2. The maximum Gasteiger partial charge on any atom is 0.266 e. The summed E-state index contributed by atoms with van der Waals surface area (Å²) in [6.07, 6.45) is 3.27. The van der Waals surface area contributed by atoms with Crippen molar-refractivity contribution >= 4 is 23.4 Å². The Labute approximate surface area is 190 Å². The zero-order chi connectivity index (χ0) is 23.6. The number of halogens is 1. The fourth-order valence-electron chi connectivity index (χ4n) is 4.83. The molecule has 0 aliphatic carbocycles. The predicted molar refractivity (Wildman–Crippen MR) is 129 cm³/mol. The van der Waals surface area contributed by atoms with Crippen molar-refractivity contribution in [3.63, 3.8) is 0 Å². The molecule has 0 aromatic heterocycles. The lowest BCUT2D eigenvalue weighted by Crippen LogP contribution is -2.48. The van der Waals surface area contributed by atoms with Crippen LogP contribution >= 0.6 is 0 Å². The molecule has 0 saturated heterocycles. The minimum absolute atomic E-state index is 0.0597. The van der Waals surface area contributed by atoms with Gasteiger partial charge < -0.3 is 10.2 Å². The molecular weight excluding hydrogens is 401 g/mol. The Bertz CT molecular complexity index is 1090. The minimum Gasteiger partial charge on any atom is -0.366 e. The molecule has 1 N–H and O–H groups in total. The smallest absolute Gasteiger partial charge is 0.266 e. The second-order valence-corrected chi connectivity index (χ2v) is 9.50. The highest BCUT2D eigenvalue weighted by Gasteiger charge is 2.36. The molecule has 1 aliphatic heterocycles. The molecular formula is C27H32FN3O. The second kappa shape index (κ2) is 9.16. The Hall–Kier alpha value is -3.13. The lowest BCUT2D eigenvalue weighted by molar-refractivity contribution is -0.112. The number of carbonyl (C=O) groups is 1. The molecule has 0 saturated carbocycles. The Morgan fingerprint density at radius 2 is 1.91 bits per heavy atom. The molecule has 2 aromatic carbocycles. The number of anilines is 2. The molecule has 3 rings (SSSR count). The first kappa shape index (κ1) is 23.5. The fourth-order valence-corrected chi connectivity index (χ4v) is 4.83. The first-order chi connectivity index (χ1) is 15.1. The van der Waals surface area contributed by atoms with E-state index in [9.17, 15) is 10.1 Å². The van der Waals surface area contributed by atoms with E-state index >= 15 is 4.39 Å². The summed E-state index contributed by atoms with van der Waals surface area (Å²) in [7, 11) is 0. The third kappa shape index (κ3) is 4.85. The Morgan fingerprint density at radius 1 is 1.25 bits per heavy atom. The maximum absolute atomic E-state index is 15.2. The van der Waals surface area contributed by atoms with Gasteiger partial charge >= 0.3 is 0 Å². The van der Waals surface area contributed by atoms with Crippen LogP contribution in [-0.4, -0.2) is 18.0 Å². The molecule has 5 heteroatoms. The molecule has 4 nitrogen and oxygen atoms in total. The van der Waals surface area contributed by atoms with Crippen molar-refractivity contribution in [2.45, 2.75) is 65.8 Å². The molecule has 0 spiro atoms. The summed E-state index contributed by atoms with van der Waals surface area (Å²) in [6, 6.07) is 11.0. The van der Waals surface area contributed by atoms with Gasteiger partial charge in [-0.2, -0.15) is 5.26 Å². The van der Waals surface area contributed by atoms with Gasteiger partial charge in [0.2, 0.25) is 0 Å². The molecule has 0 bridgehead atoms. The normalized spacial score (nSPS) is 17.5. The average Bonchev–Trinajstić information content (AvgIpc) is 2.68. The number of nitriles is 1. The fraction of sp³-hybridized carbons (Fsp3) is 0.407. The summed E-state index contributed by atoms with van der Waals surface area (Å²) >= 11 is 0. The van der Waals surface area contributed by atoms with Crippen molar-refractivity contribution in [2.75, 3.05) is 16.8 Å². The van der Waals surface area contributed by atoms with Gasteiger partial charge in [-0.3, -0.25) is 4.79 Å². The largest absolute Gasteiger partial charge is 0.366 e. The Kier molecular flexibility index (Phi) is 6.74. The number of aryl methyl sites for hydroxylation is 2. The van der Waals surface area contributed by atoms with Gasteiger partial charge in [-0.15, -0.1) is 0 Å². The van der Waals surface area contributed by atoms with Gasteiger partial charge in [0, 0.05) is 29.0 Å². The first-order valence-corrected chi connectivity index (χ1v) is 11.2. The monoisotopic (exact) mass is 433 g/mol. The molecule has 32 heavy (non-hydrogen) atoms. The van der Waals surface area contributed by atoms with E-state index in [-0.39, 0.29) is 22.6 Å². The summed E-state index contributed by atoms with van der Waals surface area (Å²) in [6.45, 7) is 13.4. The third-order valence-electron chi connectivity index (χ3n) is 6.10. The molecule has 1 amide bonds. The summed E-state index contributed by atoms with van der Waals surface area (Å²) in [5.41, 5.74) is 4.67. The molecule has 0 fully saturated rings. The first-order valence-electron chi connectivity index (χ1n) is 11.2. The van der Waals surface area contributed by atoms with Crippen LogP contribution in [0, 0.1) is 31.0 Å². The number of nitrogens with zero attached hydrogens (tertiary/aromatic N) is 2. The summed E-state index contributed by atoms with van der Waals surface area (Å²) in [4.78, 5) is 15.0. The summed E-state index contributed by atoms with van der Waals surface area (Å²) in [5.74, 6) is -0.728. The molecule has 1 aliphatic rings. The van der Waals surface area contributed by atoms with Crippen molar-refractivity contribution in [3.8, 4) is 6.07 Å². The number of rotatable bonds is 5. The van der Waals surface area contributed by atoms with Gasteiger partial charge in [-0.1, -0.05) is 19.9 Å². The van der Waals surface area contributed by atoms with E-state index in [1.807, 2.05) is 38.1 Å². The maximum atomic E-state index is 15.2. The van der Waals surface area contributed by atoms with E-state index < -0.39 is 11.7 Å².